The summed E-state index contributed by atoms with van der Waals surface area (Å²) < 4.78 is 11.7. The average molecular weight is 447 g/mol. The lowest BCUT2D eigenvalue weighted by molar-refractivity contribution is -0.148. The molecule has 0 bridgehead atoms. The highest BCUT2D eigenvalue weighted by Crippen LogP contribution is 2.18. The highest BCUT2D eigenvalue weighted by atomic mass is 16.5. The van der Waals surface area contributed by atoms with Gasteiger partial charge in [0.25, 0.3) is 11.5 Å². The molecule has 174 valence electrons. The first-order valence-corrected chi connectivity index (χ1v) is 10.6. The minimum atomic E-state index is -0.758. The fourth-order valence-corrected chi connectivity index (χ4v) is 3.02. The summed E-state index contributed by atoms with van der Waals surface area (Å²) in [6, 6.07) is 9.01. The lowest BCUT2D eigenvalue weighted by Crippen LogP contribution is -2.43. The summed E-state index contributed by atoms with van der Waals surface area (Å²) in [5.74, 6) is -0.677. The predicted molar refractivity (Wildman–Crippen MR) is 121 cm³/mol. The number of hydrogen-bond donors (Lipinski definition) is 2. The van der Waals surface area contributed by atoms with Crippen molar-refractivity contribution in [3.8, 4) is 5.75 Å². The minimum Gasteiger partial charge on any atom is -0.493 e. The number of aromatic nitrogens is 2. The van der Waals surface area contributed by atoms with Crippen LogP contribution in [0.25, 0.3) is 0 Å². The number of nitrogens with two attached hydrogens (primary N) is 1. The third-order valence-electron chi connectivity index (χ3n) is 4.64. The molecule has 2 rings (SSSR count). The zero-order valence-corrected chi connectivity index (χ0v) is 18.5. The highest BCUT2D eigenvalue weighted by Gasteiger charge is 2.24. The van der Waals surface area contributed by atoms with Crippen LogP contribution in [0.3, 0.4) is 0 Å². The van der Waals surface area contributed by atoms with E-state index in [-0.39, 0.29) is 31.1 Å². The summed E-state index contributed by atoms with van der Waals surface area (Å²) in [6.07, 6.45) is 1.92. The van der Waals surface area contributed by atoms with Crippen LogP contribution < -0.4 is 26.6 Å². The van der Waals surface area contributed by atoms with E-state index in [9.17, 15) is 19.2 Å². The SMILES string of the molecule is CCCCN(C(=O)COC(=O)CCOc1ccccc1)c1c(N)n(CCC)c(=O)[nH]c1=O. The summed E-state index contributed by atoms with van der Waals surface area (Å²) in [6.45, 7) is 3.83. The summed E-state index contributed by atoms with van der Waals surface area (Å²) in [7, 11) is 0. The highest BCUT2D eigenvalue weighted by molar-refractivity contribution is 5.97. The van der Waals surface area contributed by atoms with E-state index in [1.807, 2.05) is 32.0 Å². The van der Waals surface area contributed by atoms with Crippen LogP contribution >= 0.6 is 0 Å². The van der Waals surface area contributed by atoms with Gasteiger partial charge < -0.3 is 20.1 Å². The van der Waals surface area contributed by atoms with E-state index in [1.165, 1.54) is 9.47 Å². The number of carbonyl (C=O) groups excluding carboxylic acids is 2. The topological polar surface area (TPSA) is 137 Å². The Morgan fingerprint density at radius 3 is 2.50 bits per heavy atom. The van der Waals surface area contributed by atoms with Crippen molar-refractivity contribution in [3.05, 3.63) is 51.2 Å². The molecule has 0 saturated carbocycles. The average Bonchev–Trinajstić information content (AvgIpc) is 2.77. The maximum absolute atomic E-state index is 12.8. The molecule has 10 nitrogen and oxygen atoms in total. The number of hydrogen-bond acceptors (Lipinski definition) is 7. The molecule has 2 aromatic rings. The Bertz CT molecular complexity index is 1020. The van der Waals surface area contributed by atoms with Gasteiger partial charge in [0.2, 0.25) is 0 Å². The number of nitrogens with zero attached hydrogens (tertiary/aromatic N) is 2. The lowest BCUT2D eigenvalue weighted by Gasteiger charge is -2.24. The normalized spacial score (nSPS) is 10.6. The van der Waals surface area contributed by atoms with E-state index in [1.54, 1.807) is 12.1 Å². The molecule has 0 aliphatic carbocycles. The molecular weight excluding hydrogens is 416 g/mol. The largest absolute Gasteiger partial charge is 0.493 e. The molecule has 0 spiro atoms. The first-order chi connectivity index (χ1) is 15.4. The number of rotatable bonds is 12. The van der Waals surface area contributed by atoms with Crippen LogP contribution in [0.1, 0.15) is 39.5 Å². The number of carbonyl (C=O) groups is 2. The van der Waals surface area contributed by atoms with Gasteiger partial charge in [0.05, 0.1) is 13.0 Å². The van der Waals surface area contributed by atoms with Gasteiger partial charge in [0, 0.05) is 13.1 Å². The molecular formula is C22H30N4O6. The van der Waals surface area contributed by atoms with Crippen LogP contribution in [0.4, 0.5) is 11.5 Å². The Balaban J connectivity index is 2.07. The van der Waals surface area contributed by atoms with Gasteiger partial charge in [-0.2, -0.15) is 0 Å². The first kappa shape index (κ1) is 24.7. The second-order valence-corrected chi connectivity index (χ2v) is 7.12. The molecule has 1 aromatic heterocycles. The maximum atomic E-state index is 12.8. The van der Waals surface area contributed by atoms with Crippen LogP contribution in [0.5, 0.6) is 5.75 Å². The fourth-order valence-electron chi connectivity index (χ4n) is 3.02. The molecule has 1 aromatic carbocycles. The number of amides is 1. The third kappa shape index (κ3) is 6.73. The van der Waals surface area contributed by atoms with E-state index in [2.05, 4.69) is 4.98 Å². The molecule has 0 saturated heterocycles. The van der Waals surface area contributed by atoms with Gasteiger partial charge in [-0.25, -0.2) is 4.79 Å². The molecule has 0 fully saturated rings. The van der Waals surface area contributed by atoms with Crippen LogP contribution in [0, 0.1) is 0 Å². The van der Waals surface area contributed by atoms with Crippen LogP contribution in [-0.4, -0.2) is 41.2 Å². The second-order valence-electron chi connectivity index (χ2n) is 7.12. The first-order valence-electron chi connectivity index (χ1n) is 10.6. The van der Waals surface area contributed by atoms with Crippen LogP contribution in [0.15, 0.2) is 39.9 Å². The van der Waals surface area contributed by atoms with Crippen molar-refractivity contribution >= 4 is 23.4 Å². The number of benzene rings is 1. The lowest BCUT2D eigenvalue weighted by atomic mass is 10.2. The van der Waals surface area contributed by atoms with Crippen molar-refractivity contribution in [3.63, 3.8) is 0 Å². The molecule has 32 heavy (non-hydrogen) atoms. The fraction of sp³-hybridized carbons (Fsp3) is 0.455. The molecule has 0 aliphatic rings. The van der Waals surface area contributed by atoms with Gasteiger partial charge in [-0.15, -0.1) is 0 Å². The smallest absolute Gasteiger partial charge is 0.330 e. The summed E-state index contributed by atoms with van der Waals surface area (Å²) in [5.41, 5.74) is 4.58. The van der Waals surface area contributed by atoms with Gasteiger partial charge in [-0.05, 0) is 25.0 Å². The van der Waals surface area contributed by atoms with Crippen molar-refractivity contribution in [2.75, 3.05) is 30.4 Å². The van der Waals surface area contributed by atoms with Crippen molar-refractivity contribution in [1.29, 1.82) is 0 Å². The molecule has 0 unspecified atom stereocenters. The van der Waals surface area contributed by atoms with Crippen molar-refractivity contribution < 1.29 is 19.1 Å². The summed E-state index contributed by atoms with van der Waals surface area (Å²) in [5, 5.41) is 0. The number of H-pyrrole nitrogens is 1. The third-order valence-corrected chi connectivity index (χ3v) is 4.64. The summed E-state index contributed by atoms with van der Waals surface area (Å²) >= 11 is 0. The molecule has 3 N–H and O–H groups in total. The number of nitrogen functional groups attached to an aromatic ring is 1. The van der Waals surface area contributed by atoms with Gasteiger partial charge in [0.1, 0.15) is 11.6 Å². The molecule has 1 heterocycles. The number of esters is 1. The quantitative estimate of drug-likeness (QED) is 0.473. The summed E-state index contributed by atoms with van der Waals surface area (Å²) in [4.78, 5) is 52.8. The Morgan fingerprint density at radius 2 is 1.84 bits per heavy atom. The Labute approximate surface area is 185 Å². The molecule has 0 aliphatic heterocycles. The maximum Gasteiger partial charge on any atom is 0.330 e. The van der Waals surface area contributed by atoms with E-state index >= 15 is 0 Å². The van der Waals surface area contributed by atoms with E-state index in [4.69, 9.17) is 15.2 Å². The standard InChI is InChI=1S/C22H30N4O6/c1-3-5-13-25(19-20(23)26(12-4-2)22(30)24-21(19)29)17(27)15-32-18(28)11-14-31-16-9-7-6-8-10-16/h6-10H,3-5,11-15,23H2,1-2H3,(H,24,29,30). The van der Waals surface area contributed by atoms with E-state index in [0.717, 1.165) is 6.42 Å². The van der Waals surface area contributed by atoms with Gasteiger partial charge >= 0.3 is 11.7 Å². The predicted octanol–water partition coefficient (Wildman–Crippen LogP) is 1.67. The van der Waals surface area contributed by atoms with Gasteiger partial charge in [0.15, 0.2) is 12.3 Å². The number of nitrogens with one attached hydrogen (secondary N) is 1. The monoisotopic (exact) mass is 446 g/mol. The number of para-hydroxylation sites is 1. The number of aromatic amines is 1. The number of unbranched alkanes of at least 4 members (excludes halogenated alkanes) is 1. The van der Waals surface area contributed by atoms with Crippen molar-refractivity contribution in [1.82, 2.24) is 9.55 Å². The molecule has 0 radical (unpaired) electrons. The Hall–Kier alpha value is -3.56. The Kier molecular flexibility index (Phi) is 9.52. The number of anilines is 2. The Morgan fingerprint density at radius 1 is 1.12 bits per heavy atom. The number of ether oxygens (including phenoxy) is 2. The van der Waals surface area contributed by atoms with Gasteiger partial charge in [-0.1, -0.05) is 38.5 Å². The molecule has 10 heteroatoms. The molecule has 1 amide bonds. The van der Waals surface area contributed by atoms with Crippen molar-refractivity contribution in [2.45, 2.75) is 46.1 Å². The van der Waals surface area contributed by atoms with E-state index in [0.29, 0.717) is 25.1 Å². The zero-order chi connectivity index (χ0) is 23.5. The van der Waals surface area contributed by atoms with Crippen LogP contribution in [0.2, 0.25) is 0 Å². The second kappa shape index (κ2) is 12.3. The van der Waals surface area contributed by atoms with Gasteiger partial charge in [-0.3, -0.25) is 23.9 Å². The zero-order valence-electron chi connectivity index (χ0n) is 18.5. The van der Waals surface area contributed by atoms with Crippen molar-refractivity contribution in [2.24, 2.45) is 0 Å². The van der Waals surface area contributed by atoms with Crippen LogP contribution in [-0.2, 0) is 20.9 Å². The van der Waals surface area contributed by atoms with E-state index < -0.39 is 29.7 Å². The minimum absolute atomic E-state index is 0.0404. The molecule has 0 atom stereocenters.